The van der Waals surface area contributed by atoms with Crippen molar-refractivity contribution in [3.63, 3.8) is 0 Å². The van der Waals surface area contributed by atoms with Gasteiger partial charge in [0.2, 0.25) is 0 Å². The summed E-state index contributed by atoms with van der Waals surface area (Å²) >= 11 is 0. The Kier molecular flexibility index (Phi) is 7.20. The number of amides is 1. The Bertz CT molecular complexity index is 1220. The molecule has 1 aromatic carbocycles. The Labute approximate surface area is 229 Å². The van der Waals surface area contributed by atoms with Crippen molar-refractivity contribution in [1.82, 2.24) is 5.32 Å². The van der Waals surface area contributed by atoms with Crippen molar-refractivity contribution >= 4 is 23.4 Å². The maximum atomic E-state index is 12.4. The number of ketones is 1. The minimum Gasteiger partial charge on any atom is -0.478 e. The number of benzene rings is 1. The molecule has 0 aliphatic heterocycles. The second kappa shape index (κ2) is 10.2. The van der Waals surface area contributed by atoms with Crippen LogP contribution in [-0.2, 0) is 21.0 Å². The van der Waals surface area contributed by atoms with Gasteiger partial charge in [-0.1, -0.05) is 36.7 Å². The number of nitrogens with zero attached hydrogens (tertiary/aromatic N) is 1. The number of fused-ring (bicyclic) bond motifs is 5. The molecule has 4 aliphatic carbocycles. The van der Waals surface area contributed by atoms with Gasteiger partial charge >= 0.3 is 5.97 Å². The number of allylic oxidation sites excluding steroid dienone is 2. The molecule has 1 aromatic rings. The SMILES string of the molecule is CC(=O)[C@@]1(O)CC[C@H]2[C@@H]3CCC4=C/C(=N\OCC(=O)NCc5ccc(C(=O)O)cc5)CC[C@]4(C)[C@H]3CC[C@@]21C. The maximum absolute atomic E-state index is 12.4. The van der Waals surface area contributed by atoms with Crippen LogP contribution in [0.3, 0.4) is 0 Å². The molecule has 0 saturated heterocycles. The van der Waals surface area contributed by atoms with E-state index in [9.17, 15) is 19.5 Å². The third-order valence-electron chi connectivity index (χ3n) is 10.8. The number of oxime groups is 1. The lowest BCUT2D eigenvalue weighted by Crippen LogP contribution is -2.57. The third kappa shape index (κ3) is 4.71. The zero-order valence-corrected chi connectivity index (χ0v) is 23.2. The summed E-state index contributed by atoms with van der Waals surface area (Å²) in [5.74, 6) is 0.108. The number of carbonyl (C=O) groups is 3. The van der Waals surface area contributed by atoms with Gasteiger partial charge in [0.1, 0.15) is 5.60 Å². The van der Waals surface area contributed by atoms with Crippen molar-refractivity contribution in [2.24, 2.45) is 33.7 Å². The number of hydrogen-bond acceptors (Lipinski definition) is 6. The molecule has 210 valence electrons. The molecule has 3 N–H and O–H groups in total. The van der Waals surface area contributed by atoms with Crippen LogP contribution in [0.5, 0.6) is 0 Å². The molecule has 8 heteroatoms. The average molecular weight is 537 g/mol. The molecule has 3 saturated carbocycles. The Balaban J connectivity index is 1.18. The predicted octanol–water partition coefficient (Wildman–Crippen LogP) is 4.66. The van der Waals surface area contributed by atoms with Crippen LogP contribution >= 0.6 is 0 Å². The number of aromatic carboxylic acids is 1. The summed E-state index contributed by atoms with van der Waals surface area (Å²) in [6, 6.07) is 6.37. The predicted molar refractivity (Wildman–Crippen MR) is 146 cm³/mol. The summed E-state index contributed by atoms with van der Waals surface area (Å²) < 4.78 is 0. The fraction of sp³-hybridized carbons (Fsp3) is 0.613. The highest BCUT2D eigenvalue weighted by molar-refractivity contribution is 5.96. The topological polar surface area (TPSA) is 125 Å². The van der Waals surface area contributed by atoms with Gasteiger partial charge in [-0.15, -0.1) is 0 Å². The van der Waals surface area contributed by atoms with E-state index in [-0.39, 0.29) is 41.2 Å². The first-order chi connectivity index (χ1) is 18.5. The summed E-state index contributed by atoms with van der Waals surface area (Å²) in [6.45, 7) is 6.20. The van der Waals surface area contributed by atoms with Crippen LogP contribution in [0.2, 0.25) is 0 Å². The van der Waals surface area contributed by atoms with Gasteiger partial charge < -0.3 is 20.4 Å². The van der Waals surface area contributed by atoms with E-state index in [1.54, 1.807) is 19.1 Å². The smallest absolute Gasteiger partial charge is 0.335 e. The van der Waals surface area contributed by atoms with Gasteiger partial charge in [-0.05, 0) is 105 Å². The number of carbonyl (C=O) groups excluding carboxylic acids is 2. The third-order valence-corrected chi connectivity index (χ3v) is 10.8. The monoisotopic (exact) mass is 536 g/mol. The van der Waals surface area contributed by atoms with E-state index in [0.717, 1.165) is 56.2 Å². The first kappa shape index (κ1) is 27.6. The van der Waals surface area contributed by atoms with E-state index in [2.05, 4.69) is 30.4 Å². The highest BCUT2D eigenvalue weighted by Crippen LogP contribution is 2.67. The van der Waals surface area contributed by atoms with Crippen LogP contribution < -0.4 is 5.32 Å². The van der Waals surface area contributed by atoms with Crippen LogP contribution in [0.4, 0.5) is 0 Å². The standard InChI is InChI=1S/C31H40N2O6/c1-19(34)31(38)15-12-26-24-9-8-22-16-23(10-13-29(22,2)25(24)11-14-30(26,31)3)33-39-18-27(35)32-17-20-4-6-21(7-5-20)28(36)37/h4-7,16,24-26,38H,8-15,17-18H2,1-3H3,(H,32,35)(H,36,37)/b33-23-/t24-,25+,26+,29+,30+,31+/m1/s1. The summed E-state index contributed by atoms with van der Waals surface area (Å²) in [5.41, 5.74) is 1.87. The van der Waals surface area contributed by atoms with Gasteiger partial charge in [-0.3, -0.25) is 9.59 Å². The summed E-state index contributed by atoms with van der Waals surface area (Å²) in [6.07, 6.45) is 9.46. The van der Waals surface area contributed by atoms with Crippen LogP contribution in [0, 0.1) is 28.6 Å². The number of carboxylic acid groups (broad SMARTS) is 1. The fourth-order valence-corrected chi connectivity index (χ4v) is 8.43. The highest BCUT2D eigenvalue weighted by atomic mass is 16.6. The van der Waals surface area contributed by atoms with E-state index in [0.29, 0.717) is 24.2 Å². The van der Waals surface area contributed by atoms with E-state index < -0.39 is 11.6 Å². The molecule has 1 amide bonds. The molecule has 0 radical (unpaired) electrons. The summed E-state index contributed by atoms with van der Waals surface area (Å²) in [7, 11) is 0. The molecule has 4 aliphatic rings. The first-order valence-corrected chi connectivity index (χ1v) is 14.2. The number of carboxylic acids is 1. The Hall–Kier alpha value is -3.00. The zero-order valence-electron chi connectivity index (χ0n) is 23.2. The molecule has 0 aromatic heterocycles. The highest BCUT2D eigenvalue weighted by Gasteiger charge is 2.65. The summed E-state index contributed by atoms with van der Waals surface area (Å²) in [4.78, 5) is 41.0. The molecular weight excluding hydrogens is 496 g/mol. The minimum absolute atomic E-state index is 0.0739. The molecular formula is C31H40N2O6. The van der Waals surface area contributed by atoms with Crippen LogP contribution in [0.15, 0.2) is 41.1 Å². The Morgan fingerprint density at radius 2 is 1.74 bits per heavy atom. The van der Waals surface area contributed by atoms with Crippen molar-refractivity contribution in [2.45, 2.75) is 84.3 Å². The average Bonchev–Trinajstić information content (AvgIpc) is 3.19. The van der Waals surface area contributed by atoms with E-state index in [1.165, 1.54) is 17.7 Å². The van der Waals surface area contributed by atoms with Crippen LogP contribution in [-0.4, -0.2) is 45.8 Å². The number of aliphatic hydroxyl groups is 1. The maximum Gasteiger partial charge on any atom is 0.335 e. The molecule has 0 spiro atoms. The molecule has 0 heterocycles. The molecule has 8 nitrogen and oxygen atoms in total. The van der Waals surface area contributed by atoms with Crippen LogP contribution in [0.25, 0.3) is 0 Å². The van der Waals surface area contributed by atoms with E-state index in [4.69, 9.17) is 9.94 Å². The van der Waals surface area contributed by atoms with E-state index in [1.807, 2.05) is 0 Å². The number of Topliss-reactive ketones (excluding diaryl/α,β-unsaturated/α-hetero) is 1. The number of hydrogen-bond donors (Lipinski definition) is 3. The Morgan fingerprint density at radius 1 is 1.03 bits per heavy atom. The van der Waals surface area contributed by atoms with Crippen molar-refractivity contribution in [2.75, 3.05) is 6.61 Å². The second-order valence-corrected chi connectivity index (χ2v) is 12.5. The van der Waals surface area contributed by atoms with Gasteiger partial charge in [0.05, 0.1) is 11.3 Å². The van der Waals surface area contributed by atoms with Gasteiger partial charge in [0.25, 0.3) is 5.91 Å². The lowest BCUT2D eigenvalue weighted by atomic mass is 9.46. The molecule has 0 bridgehead atoms. The van der Waals surface area contributed by atoms with Crippen molar-refractivity contribution in [1.29, 1.82) is 0 Å². The normalized spacial score (nSPS) is 36.3. The minimum atomic E-state index is -1.18. The lowest BCUT2D eigenvalue weighted by molar-refractivity contribution is -0.159. The number of rotatable bonds is 7. The molecule has 0 unspecified atom stereocenters. The molecule has 5 rings (SSSR count). The lowest BCUT2D eigenvalue weighted by Gasteiger charge is -2.59. The van der Waals surface area contributed by atoms with Crippen molar-refractivity contribution in [3.8, 4) is 0 Å². The van der Waals surface area contributed by atoms with E-state index >= 15 is 0 Å². The summed E-state index contributed by atoms with van der Waals surface area (Å²) in [5, 5.41) is 27.4. The first-order valence-electron chi connectivity index (χ1n) is 14.2. The largest absolute Gasteiger partial charge is 0.478 e. The Morgan fingerprint density at radius 3 is 2.44 bits per heavy atom. The van der Waals surface area contributed by atoms with Crippen LogP contribution in [0.1, 0.15) is 88.1 Å². The molecule has 39 heavy (non-hydrogen) atoms. The number of nitrogens with one attached hydrogen (secondary N) is 1. The fourth-order valence-electron chi connectivity index (χ4n) is 8.43. The van der Waals surface area contributed by atoms with Gasteiger partial charge in [-0.2, -0.15) is 0 Å². The van der Waals surface area contributed by atoms with Crippen molar-refractivity contribution in [3.05, 3.63) is 47.0 Å². The molecule has 6 atom stereocenters. The zero-order chi connectivity index (χ0) is 28.0. The van der Waals surface area contributed by atoms with Gasteiger partial charge in [-0.25, -0.2) is 4.79 Å². The van der Waals surface area contributed by atoms with Gasteiger partial charge in [0.15, 0.2) is 12.4 Å². The molecule has 3 fully saturated rings. The quantitative estimate of drug-likeness (QED) is 0.436. The van der Waals surface area contributed by atoms with Crippen molar-refractivity contribution < 1.29 is 29.4 Å². The van der Waals surface area contributed by atoms with Gasteiger partial charge in [0, 0.05) is 12.0 Å². The second-order valence-electron chi connectivity index (χ2n) is 12.5.